The lowest BCUT2D eigenvalue weighted by Crippen LogP contribution is -2.68. The second-order valence-electron chi connectivity index (χ2n) is 11.2. The number of nitrogens with two attached hydrogens (primary N) is 5. The molecule has 2 heterocycles. The van der Waals surface area contributed by atoms with Crippen LogP contribution in [0.3, 0.4) is 0 Å². The number of methoxy groups -OCH3 is 1. The molecule has 1 aliphatic carbocycles. The summed E-state index contributed by atoms with van der Waals surface area (Å²) in [6.45, 7) is -1.24. The third-order valence-corrected chi connectivity index (χ3v) is 8.14. The molecule has 2 saturated heterocycles. The SMILES string of the molecule is CO[C@H](OC1C(O)[C@H](OC2C(O)[C@H](N)CC(N)[C@H]2O[C@H]2OC(CO)[C@@H](O)C(O)C2N)O[C@@H]1CO)C(N)C(O)[C@H](O)CCN. The van der Waals surface area contributed by atoms with Crippen LogP contribution in [0.4, 0.5) is 0 Å². The lowest BCUT2D eigenvalue weighted by atomic mass is 9.84. The van der Waals surface area contributed by atoms with Crippen molar-refractivity contribution in [1.29, 1.82) is 0 Å². The lowest BCUT2D eigenvalue weighted by molar-refractivity contribution is -0.310. The molecule has 0 bridgehead atoms. The fourth-order valence-corrected chi connectivity index (χ4v) is 5.49. The van der Waals surface area contributed by atoms with Gasteiger partial charge in [0.1, 0.15) is 48.8 Å². The molecule has 19 nitrogen and oxygen atoms in total. The summed E-state index contributed by atoms with van der Waals surface area (Å²) in [7, 11) is 1.22. The van der Waals surface area contributed by atoms with E-state index in [2.05, 4.69) is 0 Å². The van der Waals surface area contributed by atoms with Crippen molar-refractivity contribution in [3.05, 3.63) is 0 Å². The first-order valence-electron chi connectivity index (χ1n) is 14.1. The number of rotatable bonds is 14. The van der Waals surface area contributed by atoms with Crippen LogP contribution in [0.1, 0.15) is 12.8 Å². The smallest absolute Gasteiger partial charge is 0.187 e. The minimum atomic E-state index is -1.63. The highest BCUT2D eigenvalue weighted by Crippen LogP contribution is 2.33. The monoisotopic (exact) mass is 631 g/mol. The topological polar surface area (TPSA) is 347 Å². The van der Waals surface area contributed by atoms with Crippen molar-refractivity contribution in [2.24, 2.45) is 28.7 Å². The van der Waals surface area contributed by atoms with E-state index in [0.717, 1.165) is 0 Å². The molecule has 18 atom stereocenters. The first kappa shape index (κ1) is 36.7. The van der Waals surface area contributed by atoms with Gasteiger partial charge in [0.15, 0.2) is 18.9 Å². The average Bonchev–Trinajstić information content (AvgIpc) is 3.28. The Kier molecular flexibility index (Phi) is 13.8. The molecule has 3 rings (SSSR count). The van der Waals surface area contributed by atoms with Crippen LogP contribution < -0.4 is 28.7 Å². The van der Waals surface area contributed by atoms with Gasteiger partial charge in [0.05, 0.1) is 43.6 Å². The maximum absolute atomic E-state index is 11.1. The molecule has 0 amide bonds. The minimum Gasteiger partial charge on any atom is -0.394 e. The predicted molar refractivity (Wildman–Crippen MR) is 143 cm³/mol. The molecule has 10 unspecified atom stereocenters. The maximum atomic E-state index is 11.1. The average molecular weight is 632 g/mol. The molecule has 3 fully saturated rings. The molecule has 0 radical (unpaired) electrons. The van der Waals surface area contributed by atoms with Gasteiger partial charge in [0, 0.05) is 19.2 Å². The number of aliphatic hydroxyl groups excluding tert-OH is 8. The van der Waals surface area contributed by atoms with Gasteiger partial charge in [-0.15, -0.1) is 0 Å². The minimum absolute atomic E-state index is 0.0455. The Hall–Kier alpha value is -0.760. The maximum Gasteiger partial charge on any atom is 0.187 e. The Balaban J connectivity index is 1.77. The molecule has 0 aromatic rings. The second-order valence-corrected chi connectivity index (χ2v) is 11.2. The highest BCUT2D eigenvalue weighted by Gasteiger charge is 2.53. The van der Waals surface area contributed by atoms with E-state index >= 15 is 0 Å². The number of hydrogen-bond acceptors (Lipinski definition) is 19. The summed E-state index contributed by atoms with van der Waals surface area (Å²) < 4.78 is 34.1. The summed E-state index contributed by atoms with van der Waals surface area (Å²) in [5.41, 5.74) is 29.8. The fraction of sp³-hybridized carbons (Fsp3) is 1.00. The summed E-state index contributed by atoms with van der Waals surface area (Å²) in [6, 6.07) is -4.36. The Morgan fingerprint density at radius 1 is 0.791 bits per heavy atom. The normalized spacial score (nSPS) is 45.1. The first-order chi connectivity index (χ1) is 20.3. The Morgan fingerprint density at radius 3 is 1.98 bits per heavy atom. The van der Waals surface area contributed by atoms with Crippen molar-refractivity contribution >= 4 is 0 Å². The van der Waals surface area contributed by atoms with Gasteiger partial charge in [-0.2, -0.15) is 0 Å². The molecule has 254 valence electrons. The van der Waals surface area contributed by atoms with E-state index in [1.165, 1.54) is 7.11 Å². The van der Waals surface area contributed by atoms with Crippen LogP contribution >= 0.6 is 0 Å². The van der Waals surface area contributed by atoms with Crippen LogP contribution in [0.5, 0.6) is 0 Å². The van der Waals surface area contributed by atoms with Gasteiger partial charge in [-0.1, -0.05) is 0 Å². The number of aliphatic hydroxyl groups is 8. The molecule has 0 aromatic carbocycles. The van der Waals surface area contributed by atoms with Gasteiger partial charge in [0.25, 0.3) is 0 Å². The lowest BCUT2D eigenvalue weighted by Gasteiger charge is -2.47. The van der Waals surface area contributed by atoms with Crippen molar-refractivity contribution in [2.75, 3.05) is 26.9 Å². The standard InChI is InChI=1S/C24H49N5O14/c1-38-22(12(28)15(34)9(32)2-3-25)42-20-11(6-31)40-24(18(20)37)43-21-14(33)7(26)4-8(27)19(21)41-23-13(29)17(36)16(35)10(5-30)39-23/h7-24,30-37H,2-6,25-29H2,1H3/t7-,8?,9-,10?,11-,12?,13?,14?,15?,16-,17?,18?,19-,20?,21?,22-,23-,24+/m1/s1. The van der Waals surface area contributed by atoms with Crippen LogP contribution in [0.15, 0.2) is 0 Å². The molecule has 2 aliphatic heterocycles. The molecule has 0 aromatic heterocycles. The van der Waals surface area contributed by atoms with E-state index in [1.807, 2.05) is 0 Å². The van der Waals surface area contributed by atoms with Crippen molar-refractivity contribution in [3.63, 3.8) is 0 Å². The predicted octanol–water partition coefficient (Wildman–Crippen LogP) is -8.22. The van der Waals surface area contributed by atoms with Crippen LogP contribution in [0.2, 0.25) is 0 Å². The third kappa shape index (κ3) is 8.16. The van der Waals surface area contributed by atoms with Gasteiger partial charge in [-0.25, -0.2) is 0 Å². The van der Waals surface area contributed by atoms with E-state index in [1.54, 1.807) is 0 Å². The molecule has 18 N–H and O–H groups in total. The van der Waals surface area contributed by atoms with E-state index < -0.39 is 123 Å². The van der Waals surface area contributed by atoms with Crippen LogP contribution in [0.25, 0.3) is 0 Å². The first-order valence-corrected chi connectivity index (χ1v) is 14.1. The summed E-state index contributed by atoms with van der Waals surface area (Å²) in [5, 5.41) is 82.4. The molecule has 3 aliphatic rings. The zero-order valence-electron chi connectivity index (χ0n) is 23.8. The van der Waals surface area contributed by atoms with Gasteiger partial charge < -0.3 is 97.9 Å². The van der Waals surface area contributed by atoms with Gasteiger partial charge in [-0.05, 0) is 19.4 Å². The largest absolute Gasteiger partial charge is 0.394 e. The zero-order valence-corrected chi connectivity index (χ0v) is 23.8. The van der Waals surface area contributed by atoms with Crippen LogP contribution in [-0.4, -0.2) is 178 Å². The Morgan fingerprint density at radius 2 is 1.40 bits per heavy atom. The van der Waals surface area contributed by atoms with E-state index in [9.17, 15) is 40.9 Å². The fourth-order valence-electron chi connectivity index (χ4n) is 5.49. The summed E-state index contributed by atoms with van der Waals surface area (Å²) >= 11 is 0. The van der Waals surface area contributed by atoms with Crippen molar-refractivity contribution in [3.8, 4) is 0 Å². The quantitative estimate of drug-likeness (QED) is 0.0791. The van der Waals surface area contributed by atoms with Gasteiger partial charge in [0.2, 0.25) is 0 Å². The van der Waals surface area contributed by atoms with Gasteiger partial charge in [-0.3, -0.25) is 0 Å². The molecular weight excluding hydrogens is 582 g/mol. The van der Waals surface area contributed by atoms with E-state index in [0.29, 0.717) is 0 Å². The molecule has 1 saturated carbocycles. The van der Waals surface area contributed by atoms with Crippen molar-refractivity contribution < 1.29 is 69.3 Å². The molecule has 43 heavy (non-hydrogen) atoms. The molecule has 0 spiro atoms. The summed E-state index contributed by atoms with van der Waals surface area (Å²) in [5.74, 6) is 0. The van der Waals surface area contributed by atoms with Crippen molar-refractivity contribution in [1.82, 2.24) is 0 Å². The van der Waals surface area contributed by atoms with E-state index in [-0.39, 0.29) is 19.4 Å². The van der Waals surface area contributed by atoms with Crippen LogP contribution in [-0.2, 0) is 28.4 Å². The summed E-state index contributed by atoms with van der Waals surface area (Å²) in [6.07, 6.45) is -19.4. The van der Waals surface area contributed by atoms with E-state index in [4.69, 9.17) is 57.1 Å². The number of ether oxygens (including phenoxy) is 6. The van der Waals surface area contributed by atoms with Crippen molar-refractivity contribution in [2.45, 2.75) is 123 Å². The highest BCUT2D eigenvalue weighted by atomic mass is 16.8. The molecular formula is C24H49N5O14. The number of hydrogen-bond donors (Lipinski definition) is 13. The highest BCUT2D eigenvalue weighted by molar-refractivity contribution is 5.01. The third-order valence-electron chi connectivity index (χ3n) is 8.14. The Labute approximate surface area is 248 Å². The Bertz CT molecular complexity index is 839. The van der Waals surface area contributed by atoms with Gasteiger partial charge >= 0.3 is 0 Å². The summed E-state index contributed by atoms with van der Waals surface area (Å²) in [4.78, 5) is 0. The van der Waals surface area contributed by atoms with Crippen LogP contribution in [0, 0.1) is 0 Å². The zero-order chi connectivity index (χ0) is 32.2. The second kappa shape index (κ2) is 16.2. The molecule has 19 heteroatoms.